The number of rotatable bonds is 1. The molecule has 0 aromatic rings. The summed E-state index contributed by atoms with van der Waals surface area (Å²) in [6.45, 7) is 2.16. The van der Waals surface area contributed by atoms with Gasteiger partial charge in [0.2, 0.25) is 0 Å². The third-order valence-corrected chi connectivity index (χ3v) is 0.811. The molecule has 0 bridgehead atoms. The molecule has 1 rings (SSSR count). The van der Waals surface area contributed by atoms with E-state index in [1.807, 2.05) is 0 Å². The maximum Gasteiger partial charge on any atom is 0.0185 e. The van der Waals surface area contributed by atoms with Crippen molar-refractivity contribution in [1.82, 2.24) is 0 Å². The first kappa shape index (κ1) is 2.95. The Morgan fingerprint density at radius 2 is 2.20 bits per heavy atom. The summed E-state index contributed by atoms with van der Waals surface area (Å²) in [5.41, 5.74) is 0. The Morgan fingerprint density at radius 1 is 1.60 bits per heavy atom. The van der Waals surface area contributed by atoms with E-state index in [2.05, 4.69) is 19.1 Å². The highest BCUT2D eigenvalue weighted by atomic mass is 14.1. The molecule has 0 saturated carbocycles. The zero-order valence-corrected chi connectivity index (χ0v) is 3.36. The lowest BCUT2D eigenvalue weighted by Crippen LogP contribution is -1.59. The lowest BCUT2D eigenvalue weighted by atomic mass is 10.3. The molecule has 1 aliphatic rings. The van der Waals surface area contributed by atoms with Gasteiger partial charge >= 0.3 is 0 Å². The van der Waals surface area contributed by atoms with Gasteiger partial charge in [0, 0.05) is 5.92 Å². The standard InChI is InChI=1S/C5H7/c1-2-5-3-4-5/h3-4H,2H2,1H3. The predicted molar refractivity (Wildman–Crippen MR) is 22.7 cm³/mol. The Balaban J connectivity index is 2.06. The number of hydrogen-bond acceptors (Lipinski definition) is 0. The summed E-state index contributed by atoms with van der Waals surface area (Å²) in [4.78, 5) is 0. The zero-order valence-electron chi connectivity index (χ0n) is 3.36. The van der Waals surface area contributed by atoms with Crippen LogP contribution in [0.2, 0.25) is 0 Å². The summed E-state index contributed by atoms with van der Waals surface area (Å²) in [6.07, 6.45) is 5.50. The van der Waals surface area contributed by atoms with Crippen LogP contribution in [0.15, 0.2) is 12.2 Å². The van der Waals surface area contributed by atoms with Gasteiger partial charge in [-0.25, -0.2) is 0 Å². The normalized spacial score (nSPS) is 20.2. The largest absolute Gasteiger partial charge is 0.0765 e. The second-order valence-electron chi connectivity index (χ2n) is 1.26. The van der Waals surface area contributed by atoms with Crippen LogP contribution in [-0.2, 0) is 0 Å². The molecule has 27 valence electrons. The predicted octanol–water partition coefficient (Wildman–Crippen LogP) is 1.54. The number of hydrogen-bond donors (Lipinski definition) is 0. The van der Waals surface area contributed by atoms with E-state index in [1.165, 1.54) is 12.3 Å². The zero-order chi connectivity index (χ0) is 3.70. The lowest BCUT2D eigenvalue weighted by Gasteiger charge is -1.74. The van der Waals surface area contributed by atoms with Crippen molar-refractivity contribution in [2.24, 2.45) is 0 Å². The molecule has 0 aromatic carbocycles. The summed E-state index contributed by atoms with van der Waals surface area (Å²) in [6, 6.07) is 0. The van der Waals surface area contributed by atoms with Crippen molar-refractivity contribution in [3.05, 3.63) is 18.1 Å². The molecule has 0 spiro atoms. The van der Waals surface area contributed by atoms with Crippen LogP contribution >= 0.6 is 0 Å². The summed E-state index contributed by atoms with van der Waals surface area (Å²) in [5.74, 6) is 1.50. The SMILES string of the molecule is CC[C]1C=C1. The molecule has 0 amide bonds. The van der Waals surface area contributed by atoms with E-state index in [1.54, 1.807) is 0 Å². The van der Waals surface area contributed by atoms with Crippen LogP contribution in [0.4, 0.5) is 0 Å². The molecule has 1 radical (unpaired) electrons. The molecule has 0 fully saturated rings. The fourth-order valence-electron chi connectivity index (χ4n) is 0.295. The molecule has 0 aliphatic heterocycles. The monoisotopic (exact) mass is 67.1 g/mol. The molecule has 1 aliphatic carbocycles. The van der Waals surface area contributed by atoms with Crippen molar-refractivity contribution >= 4 is 0 Å². The second-order valence-corrected chi connectivity index (χ2v) is 1.26. The number of allylic oxidation sites excluding steroid dienone is 2. The molecule has 0 heteroatoms. The van der Waals surface area contributed by atoms with Gasteiger partial charge in [-0.2, -0.15) is 0 Å². The van der Waals surface area contributed by atoms with Gasteiger partial charge in [-0.05, 0) is 6.42 Å². The van der Waals surface area contributed by atoms with Crippen LogP contribution in [0.5, 0.6) is 0 Å². The van der Waals surface area contributed by atoms with Gasteiger partial charge in [0.25, 0.3) is 0 Å². The molecule has 0 nitrogen and oxygen atoms in total. The average molecular weight is 67.1 g/mol. The highest BCUT2D eigenvalue weighted by Gasteiger charge is 2.05. The van der Waals surface area contributed by atoms with Gasteiger partial charge in [-0.1, -0.05) is 19.1 Å². The Bertz CT molecular complexity index is 47.1. The van der Waals surface area contributed by atoms with Crippen molar-refractivity contribution < 1.29 is 0 Å². The van der Waals surface area contributed by atoms with Gasteiger partial charge in [-0.3, -0.25) is 0 Å². The maximum absolute atomic E-state index is 2.16. The van der Waals surface area contributed by atoms with Crippen molar-refractivity contribution in [1.29, 1.82) is 0 Å². The third-order valence-electron chi connectivity index (χ3n) is 0.811. The van der Waals surface area contributed by atoms with E-state index in [9.17, 15) is 0 Å². The van der Waals surface area contributed by atoms with Crippen LogP contribution in [0, 0.1) is 5.92 Å². The highest BCUT2D eigenvalue weighted by molar-refractivity contribution is 5.37. The Morgan fingerprint density at radius 3 is 2.20 bits per heavy atom. The van der Waals surface area contributed by atoms with Crippen molar-refractivity contribution in [3.8, 4) is 0 Å². The summed E-state index contributed by atoms with van der Waals surface area (Å²) >= 11 is 0. The van der Waals surface area contributed by atoms with E-state index in [0.717, 1.165) is 0 Å². The van der Waals surface area contributed by atoms with E-state index in [0.29, 0.717) is 0 Å². The highest BCUT2D eigenvalue weighted by Crippen LogP contribution is 2.21. The van der Waals surface area contributed by atoms with Gasteiger partial charge in [0.15, 0.2) is 0 Å². The molecular formula is C5H7. The van der Waals surface area contributed by atoms with Crippen molar-refractivity contribution in [3.63, 3.8) is 0 Å². The minimum absolute atomic E-state index is 1.22. The van der Waals surface area contributed by atoms with Gasteiger partial charge in [-0.15, -0.1) is 0 Å². The quantitative estimate of drug-likeness (QED) is 0.436. The second kappa shape index (κ2) is 0.852. The maximum atomic E-state index is 2.16. The van der Waals surface area contributed by atoms with Crippen LogP contribution in [0.25, 0.3) is 0 Å². The summed E-state index contributed by atoms with van der Waals surface area (Å²) in [7, 11) is 0. The van der Waals surface area contributed by atoms with Gasteiger partial charge in [0.05, 0.1) is 0 Å². The van der Waals surface area contributed by atoms with Crippen LogP contribution in [-0.4, -0.2) is 0 Å². The minimum atomic E-state index is 1.22. The molecule has 0 atom stereocenters. The molecule has 5 heavy (non-hydrogen) atoms. The lowest BCUT2D eigenvalue weighted by molar-refractivity contribution is 1.11. The van der Waals surface area contributed by atoms with E-state index in [4.69, 9.17) is 0 Å². The third kappa shape index (κ3) is 0.504. The molecule has 0 N–H and O–H groups in total. The van der Waals surface area contributed by atoms with Crippen LogP contribution in [0.1, 0.15) is 13.3 Å². The Labute approximate surface area is 32.5 Å². The Hall–Kier alpha value is -0.260. The fourth-order valence-corrected chi connectivity index (χ4v) is 0.295. The molecule has 0 unspecified atom stereocenters. The van der Waals surface area contributed by atoms with Gasteiger partial charge < -0.3 is 0 Å². The first-order chi connectivity index (χ1) is 2.43. The van der Waals surface area contributed by atoms with E-state index in [-0.39, 0.29) is 0 Å². The van der Waals surface area contributed by atoms with Crippen LogP contribution < -0.4 is 0 Å². The fraction of sp³-hybridized carbons (Fsp3) is 0.400. The summed E-state index contributed by atoms with van der Waals surface area (Å²) < 4.78 is 0. The molecule has 0 saturated heterocycles. The topological polar surface area (TPSA) is 0 Å². The first-order valence-electron chi connectivity index (χ1n) is 1.97. The molecule has 0 heterocycles. The Kier molecular flexibility index (Phi) is 0.503. The first-order valence-corrected chi connectivity index (χ1v) is 1.97. The van der Waals surface area contributed by atoms with E-state index < -0.39 is 0 Å². The smallest absolute Gasteiger partial charge is 0.0185 e. The van der Waals surface area contributed by atoms with Crippen molar-refractivity contribution in [2.75, 3.05) is 0 Å². The van der Waals surface area contributed by atoms with E-state index >= 15 is 0 Å². The minimum Gasteiger partial charge on any atom is -0.0765 e. The van der Waals surface area contributed by atoms with Crippen molar-refractivity contribution in [2.45, 2.75) is 13.3 Å². The van der Waals surface area contributed by atoms with Gasteiger partial charge in [0.1, 0.15) is 0 Å². The average Bonchev–Trinajstić information content (AvgIpc) is 2.12. The molecule has 0 aromatic heterocycles. The molecular weight excluding hydrogens is 60.1 g/mol. The summed E-state index contributed by atoms with van der Waals surface area (Å²) in [5, 5.41) is 0. The van der Waals surface area contributed by atoms with Crippen LogP contribution in [0.3, 0.4) is 0 Å².